The van der Waals surface area contributed by atoms with Gasteiger partial charge in [0.25, 0.3) is 0 Å². The Hall–Kier alpha value is -0.770. The molecular formula is C13H26N2O2. The first-order chi connectivity index (χ1) is 7.94. The van der Waals surface area contributed by atoms with Gasteiger partial charge < -0.3 is 15.0 Å². The minimum atomic E-state index is -0.405. The second-order valence-electron chi connectivity index (χ2n) is 5.63. The number of nitrogens with zero attached hydrogens (tertiary/aromatic N) is 1. The highest BCUT2D eigenvalue weighted by atomic mass is 16.6. The van der Waals surface area contributed by atoms with Crippen LogP contribution in [0.25, 0.3) is 0 Å². The average Bonchev–Trinajstić information content (AvgIpc) is 2.24. The van der Waals surface area contributed by atoms with Crippen molar-refractivity contribution < 1.29 is 9.53 Å². The summed E-state index contributed by atoms with van der Waals surface area (Å²) in [6, 6.07) is 0.290. The maximum Gasteiger partial charge on any atom is 0.410 e. The Bertz CT molecular complexity index is 248. The molecule has 0 bridgehead atoms. The van der Waals surface area contributed by atoms with Crippen LogP contribution < -0.4 is 5.32 Å². The van der Waals surface area contributed by atoms with Crippen molar-refractivity contribution in [3.05, 3.63) is 0 Å². The van der Waals surface area contributed by atoms with E-state index >= 15 is 0 Å². The summed E-state index contributed by atoms with van der Waals surface area (Å²) in [6.45, 7) is 10.5. The third-order valence-electron chi connectivity index (χ3n) is 2.89. The molecule has 0 aromatic rings. The smallest absolute Gasteiger partial charge is 0.410 e. The quantitative estimate of drug-likeness (QED) is 0.826. The molecule has 0 saturated carbocycles. The Labute approximate surface area is 105 Å². The lowest BCUT2D eigenvalue weighted by Crippen LogP contribution is -2.50. The average molecular weight is 242 g/mol. The summed E-state index contributed by atoms with van der Waals surface area (Å²) in [5, 5.41) is 3.32. The van der Waals surface area contributed by atoms with E-state index in [0.29, 0.717) is 6.04 Å². The molecule has 1 heterocycles. The second-order valence-corrected chi connectivity index (χ2v) is 5.63. The normalized spacial score (nSPS) is 21.4. The lowest BCUT2D eigenvalue weighted by molar-refractivity contribution is 0.0100. The first-order valence-electron chi connectivity index (χ1n) is 6.64. The van der Waals surface area contributed by atoms with Gasteiger partial charge in [0.05, 0.1) is 0 Å². The molecule has 0 aromatic carbocycles. The molecule has 1 saturated heterocycles. The van der Waals surface area contributed by atoms with E-state index in [1.165, 1.54) is 6.42 Å². The number of amides is 1. The number of rotatable bonds is 3. The van der Waals surface area contributed by atoms with E-state index in [-0.39, 0.29) is 6.09 Å². The monoisotopic (exact) mass is 242 g/mol. The van der Waals surface area contributed by atoms with Gasteiger partial charge in [-0.05, 0) is 46.6 Å². The number of likely N-dealkylation sites (tertiary alicyclic amines) is 1. The number of piperidine rings is 1. The van der Waals surface area contributed by atoms with Crippen LogP contribution >= 0.6 is 0 Å². The number of nitrogens with one attached hydrogen (secondary N) is 1. The summed E-state index contributed by atoms with van der Waals surface area (Å²) in [6.07, 6.45) is 3.20. The van der Waals surface area contributed by atoms with E-state index in [0.717, 1.165) is 32.5 Å². The molecule has 0 spiro atoms. The number of likely N-dealkylation sites (N-methyl/N-ethyl adjacent to an activating group) is 1. The van der Waals surface area contributed by atoms with Crippen LogP contribution in [0.2, 0.25) is 0 Å². The van der Waals surface area contributed by atoms with Crippen molar-refractivity contribution in [1.82, 2.24) is 10.2 Å². The molecule has 0 aliphatic carbocycles. The minimum absolute atomic E-state index is 0.167. The van der Waals surface area contributed by atoms with E-state index in [4.69, 9.17) is 4.74 Å². The zero-order chi connectivity index (χ0) is 12.9. The minimum Gasteiger partial charge on any atom is -0.444 e. The Morgan fingerprint density at radius 1 is 1.41 bits per heavy atom. The first kappa shape index (κ1) is 14.3. The molecule has 17 heavy (non-hydrogen) atoms. The van der Waals surface area contributed by atoms with E-state index in [1.807, 2.05) is 25.7 Å². The van der Waals surface area contributed by atoms with Crippen molar-refractivity contribution >= 4 is 6.09 Å². The fourth-order valence-corrected chi connectivity index (χ4v) is 2.08. The Balaban J connectivity index is 2.54. The van der Waals surface area contributed by atoms with Gasteiger partial charge in [-0.25, -0.2) is 4.79 Å². The van der Waals surface area contributed by atoms with Gasteiger partial charge in [0.15, 0.2) is 0 Å². The van der Waals surface area contributed by atoms with Gasteiger partial charge in [-0.1, -0.05) is 6.92 Å². The Morgan fingerprint density at radius 3 is 2.71 bits per heavy atom. The number of hydrogen-bond acceptors (Lipinski definition) is 3. The zero-order valence-corrected chi connectivity index (χ0v) is 11.6. The van der Waals surface area contributed by atoms with Gasteiger partial charge in [-0.3, -0.25) is 0 Å². The van der Waals surface area contributed by atoms with Crippen LogP contribution in [-0.2, 0) is 4.74 Å². The standard InChI is InChI=1S/C13H26N2O2/c1-5-14-10-11-8-6-7-9-15(11)12(16)17-13(2,3)4/h11,14H,5-10H2,1-4H3. The van der Waals surface area contributed by atoms with Crippen LogP contribution in [0.3, 0.4) is 0 Å². The second kappa shape index (κ2) is 6.24. The maximum absolute atomic E-state index is 12.1. The third kappa shape index (κ3) is 4.94. The molecule has 100 valence electrons. The predicted molar refractivity (Wildman–Crippen MR) is 69.1 cm³/mol. The van der Waals surface area contributed by atoms with Gasteiger partial charge in [0.1, 0.15) is 5.60 Å². The lowest BCUT2D eigenvalue weighted by atomic mass is 10.0. The summed E-state index contributed by atoms with van der Waals surface area (Å²) in [5.41, 5.74) is -0.405. The first-order valence-corrected chi connectivity index (χ1v) is 6.64. The van der Waals surface area contributed by atoms with Crippen LogP contribution in [0, 0.1) is 0 Å². The van der Waals surface area contributed by atoms with Gasteiger partial charge in [-0.2, -0.15) is 0 Å². The number of carbonyl (C=O) groups is 1. The largest absolute Gasteiger partial charge is 0.444 e. The van der Waals surface area contributed by atoms with Crippen molar-refractivity contribution in [2.24, 2.45) is 0 Å². The summed E-state index contributed by atoms with van der Waals surface area (Å²) in [5.74, 6) is 0. The molecule has 0 aromatic heterocycles. The summed E-state index contributed by atoms with van der Waals surface area (Å²) >= 11 is 0. The Morgan fingerprint density at radius 2 is 2.12 bits per heavy atom. The molecule has 1 rings (SSSR count). The van der Waals surface area contributed by atoms with Crippen molar-refractivity contribution in [2.75, 3.05) is 19.6 Å². The molecule has 1 N–H and O–H groups in total. The van der Waals surface area contributed by atoms with E-state index in [1.54, 1.807) is 0 Å². The van der Waals surface area contributed by atoms with Crippen LogP contribution in [0.5, 0.6) is 0 Å². The van der Waals surface area contributed by atoms with Crippen molar-refractivity contribution in [2.45, 2.75) is 58.6 Å². The van der Waals surface area contributed by atoms with Gasteiger partial charge in [0, 0.05) is 19.1 Å². The maximum atomic E-state index is 12.1. The molecular weight excluding hydrogens is 216 g/mol. The highest BCUT2D eigenvalue weighted by Crippen LogP contribution is 2.19. The third-order valence-corrected chi connectivity index (χ3v) is 2.89. The van der Waals surface area contributed by atoms with Crippen molar-refractivity contribution in [3.8, 4) is 0 Å². The summed E-state index contributed by atoms with van der Waals surface area (Å²) in [7, 11) is 0. The van der Waals surface area contributed by atoms with Crippen LogP contribution in [0.4, 0.5) is 4.79 Å². The molecule has 1 unspecified atom stereocenters. The molecule has 0 radical (unpaired) electrons. The highest BCUT2D eigenvalue weighted by Gasteiger charge is 2.29. The fourth-order valence-electron chi connectivity index (χ4n) is 2.08. The molecule has 1 fully saturated rings. The zero-order valence-electron chi connectivity index (χ0n) is 11.6. The Kier molecular flexibility index (Phi) is 5.25. The van der Waals surface area contributed by atoms with Crippen LogP contribution in [0.1, 0.15) is 47.0 Å². The van der Waals surface area contributed by atoms with Crippen LogP contribution in [-0.4, -0.2) is 42.3 Å². The van der Waals surface area contributed by atoms with E-state index in [9.17, 15) is 4.79 Å². The molecule has 1 atom stereocenters. The highest BCUT2D eigenvalue weighted by molar-refractivity contribution is 5.68. The van der Waals surface area contributed by atoms with Gasteiger partial charge in [0.2, 0.25) is 0 Å². The molecule has 1 aliphatic rings. The summed E-state index contributed by atoms with van der Waals surface area (Å²) < 4.78 is 5.45. The summed E-state index contributed by atoms with van der Waals surface area (Å²) in [4.78, 5) is 13.9. The fraction of sp³-hybridized carbons (Fsp3) is 0.923. The number of carbonyl (C=O) groups excluding carboxylic acids is 1. The van der Waals surface area contributed by atoms with E-state index in [2.05, 4.69) is 12.2 Å². The topological polar surface area (TPSA) is 41.6 Å². The van der Waals surface area contributed by atoms with Gasteiger partial charge in [-0.15, -0.1) is 0 Å². The van der Waals surface area contributed by atoms with E-state index < -0.39 is 5.60 Å². The molecule has 1 aliphatic heterocycles. The van der Waals surface area contributed by atoms with Crippen molar-refractivity contribution in [3.63, 3.8) is 0 Å². The van der Waals surface area contributed by atoms with Gasteiger partial charge >= 0.3 is 6.09 Å². The number of hydrogen-bond donors (Lipinski definition) is 1. The SMILES string of the molecule is CCNCC1CCCCN1C(=O)OC(C)(C)C. The predicted octanol–water partition coefficient (Wildman–Crippen LogP) is 2.39. The molecule has 4 heteroatoms. The molecule has 1 amide bonds. The lowest BCUT2D eigenvalue weighted by Gasteiger charge is -2.36. The molecule has 4 nitrogen and oxygen atoms in total. The van der Waals surface area contributed by atoms with Crippen molar-refractivity contribution in [1.29, 1.82) is 0 Å². The number of ether oxygens (including phenoxy) is 1. The van der Waals surface area contributed by atoms with Crippen LogP contribution in [0.15, 0.2) is 0 Å².